The summed E-state index contributed by atoms with van der Waals surface area (Å²) >= 11 is 0. The molecule has 1 aromatic rings. The molecule has 0 spiro atoms. The SMILES string of the molecule is CC1OCCC1C(=O)N(C)Cc1ccc(O)cc1. The maximum atomic E-state index is 12.2. The van der Waals surface area contributed by atoms with Crippen molar-refractivity contribution in [3.05, 3.63) is 29.8 Å². The van der Waals surface area contributed by atoms with Gasteiger partial charge in [0.05, 0.1) is 12.0 Å². The maximum Gasteiger partial charge on any atom is 0.228 e. The molecule has 1 saturated heterocycles. The summed E-state index contributed by atoms with van der Waals surface area (Å²) in [6.45, 7) is 3.18. The van der Waals surface area contributed by atoms with Crippen molar-refractivity contribution in [2.24, 2.45) is 5.92 Å². The Bertz CT molecular complexity index is 416. The van der Waals surface area contributed by atoms with Crippen LogP contribution in [-0.4, -0.2) is 35.7 Å². The van der Waals surface area contributed by atoms with Gasteiger partial charge in [-0.15, -0.1) is 0 Å². The lowest BCUT2D eigenvalue weighted by atomic mass is 10.0. The van der Waals surface area contributed by atoms with Gasteiger partial charge >= 0.3 is 0 Å². The first-order valence-corrected chi connectivity index (χ1v) is 6.22. The van der Waals surface area contributed by atoms with Crippen LogP contribution in [0.25, 0.3) is 0 Å². The van der Waals surface area contributed by atoms with Crippen LogP contribution in [0.5, 0.6) is 5.75 Å². The molecule has 0 saturated carbocycles. The van der Waals surface area contributed by atoms with Gasteiger partial charge in [0.2, 0.25) is 5.91 Å². The van der Waals surface area contributed by atoms with Crippen LogP contribution in [0.4, 0.5) is 0 Å². The molecule has 18 heavy (non-hydrogen) atoms. The lowest BCUT2D eigenvalue weighted by Crippen LogP contribution is -2.35. The zero-order valence-electron chi connectivity index (χ0n) is 10.8. The maximum absolute atomic E-state index is 12.2. The van der Waals surface area contributed by atoms with Crippen molar-refractivity contribution in [1.82, 2.24) is 4.90 Å². The second kappa shape index (κ2) is 5.40. The van der Waals surface area contributed by atoms with Crippen LogP contribution in [0.15, 0.2) is 24.3 Å². The summed E-state index contributed by atoms with van der Waals surface area (Å²) in [7, 11) is 1.81. The van der Waals surface area contributed by atoms with Crippen molar-refractivity contribution in [2.75, 3.05) is 13.7 Å². The summed E-state index contributed by atoms with van der Waals surface area (Å²) in [6.07, 6.45) is 0.819. The molecule has 1 amide bonds. The first-order valence-electron chi connectivity index (χ1n) is 6.22. The smallest absolute Gasteiger partial charge is 0.228 e. The molecule has 1 fully saturated rings. The standard InChI is InChI=1S/C14H19NO3/c1-10-13(7-8-18-10)14(17)15(2)9-11-3-5-12(16)6-4-11/h3-6,10,13,16H,7-9H2,1-2H3. The number of rotatable bonds is 3. The van der Waals surface area contributed by atoms with E-state index in [4.69, 9.17) is 4.74 Å². The molecule has 0 aromatic heterocycles. The van der Waals surface area contributed by atoms with E-state index in [2.05, 4.69) is 0 Å². The summed E-state index contributed by atoms with van der Waals surface area (Å²) in [5.41, 5.74) is 1.01. The molecule has 1 N–H and O–H groups in total. The zero-order valence-corrected chi connectivity index (χ0v) is 10.8. The Labute approximate surface area is 107 Å². The van der Waals surface area contributed by atoms with Gasteiger partial charge in [0.15, 0.2) is 0 Å². The Morgan fingerprint density at radius 1 is 1.44 bits per heavy atom. The van der Waals surface area contributed by atoms with Gasteiger partial charge in [-0.1, -0.05) is 12.1 Å². The van der Waals surface area contributed by atoms with Gasteiger partial charge in [0.25, 0.3) is 0 Å². The first kappa shape index (κ1) is 12.9. The van der Waals surface area contributed by atoms with Crippen LogP contribution in [-0.2, 0) is 16.1 Å². The Morgan fingerprint density at radius 2 is 2.11 bits per heavy atom. The second-order valence-electron chi connectivity index (χ2n) is 4.83. The van der Waals surface area contributed by atoms with Gasteiger partial charge < -0.3 is 14.7 Å². The number of carbonyl (C=O) groups excluding carboxylic acids is 1. The number of amides is 1. The van der Waals surface area contributed by atoms with E-state index in [0.717, 1.165) is 12.0 Å². The van der Waals surface area contributed by atoms with Gasteiger partial charge in [-0.25, -0.2) is 0 Å². The predicted octanol–water partition coefficient (Wildman–Crippen LogP) is 1.78. The molecular formula is C14H19NO3. The van der Waals surface area contributed by atoms with E-state index in [1.165, 1.54) is 0 Å². The predicted molar refractivity (Wildman–Crippen MR) is 68.1 cm³/mol. The van der Waals surface area contributed by atoms with Crippen LogP contribution < -0.4 is 0 Å². The number of ether oxygens (including phenoxy) is 1. The van der Waals surface area contributed by atoms with Gasteiger partial charge in [-0.2, -0.15) is 0 Å². The highest BCUT2D eigenvalue weighted by Gasteiger charge is 2.32. The largest absolute Gasteiger partial charge is 0.508 e. The molecule has 4 heteroatoms. The molecule has 1 aromatic carbocycles. The Hall–Kier alpha value is -1.55. The van der Waals surface area contributed by atoms with Crippen molar-refractivity contribution < 1.29 is 14.6 Å². The Kier molecular flexibility index (Phi) is 3.87. The minimum absolute atomic E-state index is 0.0137. The van der Waals surface area contributed by atoms with Gasteiger partial charge in [0, 0.05) is 20.2 Å². The average Bonchev–Trinajstić information content (AvgIpc) is 2.77. The number of carbonyl (C=O) groups is 1. The fourth-order valence-corrected chi connectivity index (χ4v) is 2.29. The molecule has 1 aliphatic heterocycles. The molecule has 0 bridgehead atoms. The molecule has 4 nitrogen and oxygen atoms in total. The lowest BCUT2D eigenvalue weighted by molar-refractivity contribution is -0.136. The molecule has 0 radical (unpaired) electrons. The molecule has 1 heterocycles. The van der Waals surface area contributed by atoms with E-state index in [-0.39, 0.29) is 23.7 Å². The third-order valence-electron chi connectivity index (χ3n) is 3.43. The van der Waals surface area contributed by atoms with Crippen LogP contribution in [0, 0.1) is 5.92 Å². The number of hydrogen-bond donors (Lipinski definition) is 1. The van der Waals surface area contributed by atoms with Crippen LogP contribution in [0.2, 0.25) is 0 Å². The molecule has 2 unspecified atom stereocenters. The quantitative estimate of drug-likeness (QED) is 0.888. The molecule has 2 atom stereocenters. The first-order chi connectivity index (χ1) is 8.58. The number of hydrogen-bond acceptors (Lipinski definition) is 3. The van der Waals surface area contributed by atoms with E-state index < -0.39 is 0 Å². The van der Waals surface area contributed by atoms with Gasteiger partial charge in [-0.3, -0.25) is 4.79 Å². The Morgan fingerprint density at radius 3 is 2.67 bits per heavy atom. The summed E-state index contributed by atoms with van der Waals surface area (Å²) in [4.78, 5) is 13.9. The number of phenols is 1. The normalized spacial score (nSPS) is 23.0. The third-order valence-corrected chi connectivity index (χ3v) is 3.43. The van der Waals surface area contributed by atoms with E-state index in [0.29, 0.717) is 13.2 Å². The highest BCUT2D eigenvalue weighted by atomic mass is 16.5. The third kappa shape index (κ3) is 2.82. The minimum atomic E-state index is -0.0212. The van der Waals surface area contributed by atoms with Crippen LogP contribution in [0.3, 0.4) is 0 Å². The molecule has 1 aliphatic rings. The summed E-state index contributed by atoms with van der Waals surface area (Å²) in [5.74, 6) is 0.353. The highest BCUT2D eigenvalue weighted by molar-refractivity contribution is 5.79. The number of aromatic hydroxyl groups is 1. The van der Waals surface area contributed by atoms with E-state index >= 15 is 0 Å². The van der Waals surface area contributed by atoms with E-state index in [1.54, 1.807) is 24.1 Å². The van der Waals surface area contributed by atoms with E-state index in [1.807, 2.05) is 19.1 Å². The summed E-state index contributed by atoms with van der Waals surface area (Å²) in [5, 5.41) is 9.21. The van der Waals surface area contributed by atoms with Crippen molar-refractivity contribution >= 4 is 5.91 Å². The lowest BCUT2D eigenvalue weighted by Gasteiger charge is -2.22. The van der Waals surface area contributed by atoms with Crippen molar-refractivity contribution in [1.29, 1.82) is 0 Å². The minimum Gasteiger partial charge on any atom is -0.508 e. The fraction of sp³-hybridized carbons (Fsp3) is 0.500. The highest BCUT2D eigenvalue weighted by Crippen LogP contribution is 2.23. The van der Waals surface area contributed by atoms with Gasteiger partial charge in [-0.05, 0) is 31.0 Å². The second-order valence-corrected chi connectivity index (χ2v) is 4.83. The average molecular weight is 249 g/mol. The van der Waals surface area contributed by atoms with Crippen molar-refractivity contribution in [3.63, 3.8) is 0 Å². The number of nitrogens with zero attached hydrogens (tertiary/aromatic N) is 1. The monoisotopic (exact) mass is 249 g/mol. The molecule has 98 valence electrons. The number of benzene rings is 1. The summed E-state index contributed by atoms with van der Waals surface area (Å²) < 4.78 is 5.42. The van der Waals surface area contributed by atoms with Crippen LogP contribution >= 0.6 is 0 Å². The fourth-order valence-electron chi connectivity index (χ4n) is 2.29. The zero-order chi connectivity index (χ0) is 13.1. The molecule has 0 aliphatic carbocycles. The Balaban J connectivity index is 1.97. The molecular weight excluding hydrogens is 230 g/mol. The number of phenolic OH excluding ortho intramolecular Hbond substituents is 1. The van der Waals surface area contributed by atoms with E-state index in [9.17, 15) is 9.90 Å². The van der Waals surface area contributed by atoms with Crippen molar-refractivity contribution in [3.8, 4) is 5.75 Å². The topological polar surface area (TPSA) is 49.8 Å². The summed E-state index contributed by atoms with van der Waals surface area (Å²) in [6, 6.07) is 6.92. The van der Waals surface area contributed by atoms with Crippen molar-refractivity contribution in [2.45, 2.75) is 26.0 Å². The van der Waals surface area contributed by atoms with Crippen LogP contribution in [0.1, 0.15) is 18.9 Å². The van der Waals surface area contributed by atoms with Gasteiger partial charge in [0.1, 0.15) is 5.75 Å². The molecule has 2 rings (SSSR count).